The molecule has 13 heavy (non-hydrogen) atoms. The maximum atomic E-state index is 5.72. The van der Waals surface area contributed by atoms with Crippen molar-refractivity contribution >= 4 is 27.5 Å². The molecule has 0 aliphatic rings. The van der Waals surface area contributed by atoms with Gasteiger partial charge in [0.15, 0.2) is 5.82 Å². The first-order chi connectivity index (χ1) is 6.25. The quantitative estimate of drug-likeness (QED) is 0.737. The Hall–Kier alpha value is -0.940. The van der Waals surface area contributed by atoms with Crippen LogP contribution in [-0.4, -0.2) is 20.0 Å². The molecule has 0 saturated heterocycles. The van der Waals surface area contributed by atoms with Crippen molar-refractivity contribution in [3.8, 4) is 5.82 Å². The van der Waals surface area contributed by atoms with E-state index in [1.54, 1.807) is 24.4 Å². The molecule has 6 heteroatoms. The summed E-state index contributed by atoms with van der Waals surface area (Å²) in [7, 11) is 0. The number of hydrogen-bond donors (Lipinski definition) is 0. The zero-order valence-corrected chi connectivity index (χ0v) is 8.70. The van der Waals surface area contributed by atoms with E-state index in [1.807, 2.05) is 0 Å². The van der Waals surface area contributed by atoms with Crippen LogP contribution in [0.25, 0.3) is 5.82 Å². The molecule has 0 fully saturated rings. The van der Waals surface area contributed by atoms with Crippen LogP contribution in [-0.2, 0) is 0 Å². The van der Waals surface area contributed by atoms with Gasteiger partial charge in [-0.1, -0.05) is 22.9 Å². The van der Waals surface area contributed by atoms with Crippen LogP contribution in [0.15, 0.2) is 29.0 Å². The van der Waals surface area contributed by atoms with Gasteiger partial charge in [-0.2, -0.15) is 0 Å². The molecule has 0 amide bonds. The standard InChI is InChI=1S/C7H4BrClN4/c8-5-4-13(12-11-5)7-3-1-2-6(9)10-7/h1-4H. The minimum atomic E-state index is 0.434. The summed E-state index contributed by atoms with van der Waals surface area (Å²) in [4.78, 5) is 4.06. The minimum Gasteiger partial charge on any atom is -0.217 e. The fourth-order valence-corrected chi connectivity index (χ4v) is 1.30. The highest BCUT2D eigenvalue weighted by molar-refractivity contribution is 9.10. The molecular weight excluding hydrogens is 255 g/mol. The zero-order chi connectivity index (χ0) is 9.26. The topological polar surface area (TPSA) is 43.6 Å². The van der Waals surface area contributed by atoms with Gasteiger partial charge < -0.3 is 0 Å². The molecule has 0 unspecified atom stereocenters. The highest BCUT2D eigenvalue weighted by Gasteiger charge is 2.01. The lowest BCUT2D eigenvalue weighted by Crippen LogP contribution is -1.97. The van der Waals surface area contributed by atoms with Crippen molar-refractivity contribution in [2.45, 2.75) is 0 Å². The van der Waals surface area contributed by atoms with Crippen LogP contribution < -0.4 is 0 Å². The van der Waals surface area contributed by atoms with Crippen LogP contribution in [0.3, 0.4) is 0 Å². The number of halogens is 2. The van der Waals surface area contributed by atoms with Gasteiger partial charge in [0.25, 0.3) is 0 Å². The van der Waals surface area contributed by atoms with Gasteiger partial charge in [-0.25, -0.2) is 9.67 Å². The van der Waals surface area contributed by atoms with Crippen molar-refractivity contribution in [2.75, 3.05) is 0 Å². The van der Waals surface area contributed by atoms with Gasteiger partial charge in [0.05, 0.1) is 6.20 Å². The Bertz CT molecular complexity index is 428. The summed E-state index contributed by atoms with van der Waals surface area (Å²) >= 11 is 8.91. The normalized spacial score (nSPS) is 10.3. The molecule has 0 aromatic carbocycles. The number of rotatable bonds is 1. The molecule has 2 rings (SSSR count). The lowest BCUT2D eigenvalue weighted by molar-refractivity contribution is 0.780. The van der Waals surface area contributed by atoms with Gasteiger partial charge in [0.2, 0.25) is 0 Å². The third kappa shape index (κ3) is 1.87. The SMILES string of the molecule is Clc1cccc(-n2cc(Br)nn2)n1. The average molecular weight is 259 g/mol. The lowest BCUT2D eigenvalue weighted by Gasteiger charge is -1.97. The van der Waals surface area contributed by atoms with Crippen molar-refractivity contribution in [3.05, 3.63) is 34.2 Å². The van der Waals surface area contributed by atoms with Crippen LogP contribution in [0.5, 0.6) is 0 Å². The monoisotopic (exact) mass is 258 g/mol. The summed E-state index contributed by atoms with van der Waals surface area (Å²) in [6.45, 7) is 0. The molecule has 2 aromatic heterocycles. The third-order valence-corrected chi connectivity index (χ3v) is 1.97. The van der Waals surface area contributed by atoms with Gasteiger partial charge in [0.1, 0.15) is 9.76 Å². The number of pyridine rings is 1. The van der Waals surface area contributed by atoms with Gasteiger partial charge in [0, 0.05) is 0 Å². The predicted octanol–water partition coefficient (Wildman–Crippen LogP) is 2.08. The highest BCUT2D eigenvalue weighted by atomic mass is 79.9. The lowest BCUT2D eigenvalue weighted by atomic mass is 10.5. The van der Waals surface area contributed by atoms with Gasteiger partial charge >= 0.3 is 0 Å². The molecule has 0 saturated carbocycles. The summed E-state index contributed by atoms with van der Waals surface area (Å²) in [5, 5.41) is 8.03. The van der Waals surface area contributed by atoms with E-state index in [-0.39, 0.29) is 0 Å². The van der Waals surface area contributed by atoms with Crippen molar-refractivity contribution in [1.82, 2.24) is 20.0 Å². The van der Waals surface area contributed by atoms with E-state index in [4.69, 9.17) is 11.6 Å². The second kappa shape index (κ2) is 3.43. The number of hydrogen-bond acceptors (Lipinski definition) is 3. The molecule has 0 N–H and O–H groups in total. The summed E-state index contributed by atoms with van der Waals surface area (Å²) in [5.74, 6) is 0.644. The van der Waals surface area contributed by atoms with E-state index in [0.29, 0.717) is 15.6 Å². The van der Waals surface area contributed by atoms with E-state index >= 15 is 0 Å². The highest BCUT2D eigenvalue weighted by Crippen LogP contribution is 2.10. The maximum Gasteiger partial charge on any atom is 0.156 e. The van der Waals surface area contributed by atoms with Crippen molar-refractivity contribution < 1.29 is 0 Å². The van der Waals surface area contributed by atoms with Crippen molar-refractivity contribution in [2.24, 2.45) is 0 Å². The van der Waals surface area contributed by atoms with E-state index in [2.05, 4.69) is 31.2 Å². The Morgan fingerprint density at radius 3 is 2.85 bits per heavy atom. The van der Waals surface area contributed by atoms with E-state index in [0.717, 1.165) is 0 Å². The fourth-order valence-electron chi connectivity index (χ4n) is 0.881. The summed E-state index contributed by atoms with van der Waals surface area (Å²) < 4.78 is 2.20. The molecule has 0 aliphatic heterocycles. The number of nitrogens with zero attached hydrogens (tertiary/aromatic N) is 4. The third-order valence-electron chi connectivity index (χ3n) is 1.40. The zero-order valence-electron chi connectivity index (χ0n) is 6.35. The van der Waals surface area contributed by atoms with Crippen LogP contribution in [0.1, 0.15) is 0 Å². The summed E-state index contributed by atoms with van der Waals surface area (Å²) in [5.41, 5.74) is 0. The minimum absolute atomic E-state index is 0.434. The van der Waals surface area contributed by atoms with Crippen molar-refractivity contribution in [1.29, 1.82) is 0 Å². The Kier molecular flexibility index (Phi) is 2.28. The second-order valence-electron chi connectivity index (χ2n) is 2.30. The van der Waals surface area contributed by atoms with E-state index < -0.39 is 0 Å². The molecule has 0 bridgehead atoms. The first-order valence-electron chi connectivity index (χ1n) is 3.46. The molecule has 0 radical (unpaired) electrons. The molecule has 0 spiro atoms. The molecule has 2 heterocycles. The summed E-state index contributed by atoms with van der Waals surface area (Å²) in [6.07, 6.45) is 1.71. The molecule has 66 valence electrons. The van der Waals surface area contributed by atoms with Gasteiger partial charge in [-0.05, 0) is 28.1 Å². The van der Waals surface area contributed by atoms with E-state index in [1.165, 1.54) is 4.68 Å². The Morgan fingerprint density at radius 2 is 2.23 bits per heavy atom. The average Bonchev–Trinajstić information content (AvgIpc) is 2.52. The Balaban J connectivity index is 2.46. The van der Waals surface area contributed by atoms with Crippen LogP contribution >= 0.6 is 27.5 Å². The Morgan fingerprint density at radius 1 is 1.38 bits per heavy atom. The van der Waals surface area contributed by atoms with Gasteiger partial charge in [-0.3, -0.25) is 0 Å². The second-order valence-corrected chi connectivity index (χ2v) is 3.50. The summed E-state index contributed by atoms with van der Waals surface area (Å²) in [6, 6.07) is 5.31. The Labute approximate surface area is 87.7 Å². The van der Waals surface area contributed by atoms with Gasteiger partial charge in [-0.15, -0.1) is 5.10 Å². The number of aromatic nitrogens is 4. The molecular formula is C7H4BrClN4. The van der Waals surface area contributed by atoms with Crippen LogP contribution in [0.2, 0.25) is 5.15 Å². The fraction of sp³-hybridized carbons (Fsp3) is 0. The molecule has 2 aromatic rings. The first-order valence-corrected chi connectivity index (χ1v) is 4.63. The van der Waals surface area contributed by atoms with Crippen LogP contribution in [0.4, 0.5) is 0 Å². The molecule has 0 atom stereocenters. The maximum absolute atomic E-state index is 5.72. The first kappa shape index (κ1) is 8.65. The molecule has 4 nitrogen and oxygen atoms in total. The largest absolute Gasteiger partial charge is 0.217 e. The predicted molar refractivity (Wildman–Crippen MR) is 51.9 cm³/mol. The van der Waals surface area contributed by atoms with Crippen molar-refractivity contribution in [3.63, 3.8) is 0 Å². The van der Waals surface area contributed by atoms with Crippen LogP contribution in [0, 0.1) is 0 Å². The smallest absolute Gasteiger partial charge is 0.156 e. The molecule has 0 aliphatic carbocycles. The van der Waals surface area contributed by atoms with E-state index in [9.17, 15) is 0 Å².